The molecule has 2 rings (SSSR count). The van der Waals surface area contributed by atoms with Gasteiger partial charge in [-0.25, -0.2) is 9.37 Å². The van der Waals surface area contributed by atoms with Gasteiger partial charge in [0.15, 0.2) is 0 Å². The molecule has 0 spiro atoms. The SMILES string of the molecule is Cc1cc(=O)n(CC(=O)NC(C)C)c(Nc2ccc(F)c(C)c2)n1. The smallest absolute Gasteiger partial charge is 0.255 e. The van der Waals surface area contributed by atoms with Crippen LogP contribution in [0.1, 0.15) is 25.1 Å². The number of carbonyl (C=O) groups excluding carboxylic acids is 1. The van der Waals surface area contributed by atoms with Crippen LogP contribution in [0, 0.1) is 19.7 Å². The molecule has 6 nitrogen and oxygen atoms in total. The summed E-state index contributed by atoms with van der Waals surface area (Å²) >= 11 is 0. The van der Waals surface area contributed by atoms with Crippen molar-refractivity contribution in [3.8, 4) is 0 Å². The largest absolute Gasteiger partial charge is 0.352 e. The first-order valence-electron chi connectivity index (χ1n) is 7.67. The molecule has 0 aliphatic heterocycles. The summed E-state index contributed by atoms with van der Waals surface area (Å²) in [6, 6.07) is 5.84. The molecule has 0 saturated heterocycles. The molecular formula is C17H21FN4O2. The topological polar surface area (TPSA) is 76.0 Å². The highest BCUT2D eigenvalue weighted by molar-refractivity contribution is 5.76. The summed E-state index contributed by atoms with van der Waals surface area (Å²) in [5, 5.41) is 5.72. The van der Waals surface area contributed by atoms with Gasteiger partial charge in [0.1, 0.15) is 12.4 Å². The maximum Gasteiger partial charge on any atom is 0.255 e. The van der Waals surface area contributed by atoms with Crippen molar-refractivity contribution in [2.24, 2.45) is 0 Å². The average Bonchev–Trinajstić information content (AvgIpc) is 2.46. The molecule has 0 aliphatic carbocycles. The van der Waals surface area contributed by atoms with E-state index in [2.05, 4.69) is 15.6 Å². The average molecular weight is 332 g/mol. The monoisotopic (exact) mass is 332 g/mol. The van der Waals surface area contributed by atoms with Gasteiger partial charge in [-0.2, -0.15) is 0 Å². The number of hydrogen-bond acceptors (Lipinski definition) is 4. The third kappa shape index (κ3) is 4.41. The van der Waals surface area contributed by atoms with Gasteiger partial charge in [-0.15, -0.1) is 0 Å². The molecule has 0 radical (unpaired) electrons. The summed E-state index contributed by atoms with van der Waals surface area (Å²) in [5.41, 5.74) is 1.26. The van der Waals surface area contributed by atoms with E-state index in [1.54, 1.807) is 26.0 Å². The maximum absolute atomic E-state index is 13.4. The van der Waals surface area contributed by atoms with Crippen molar-refractivity contribution >= 4 is 17.5 Å². The number of amides is 1. The summed E-state index contributed by atoms with van der Waals surface area (Å²) in [5.74, 6) is -0.354. The van der Waals surface area contributed by atoms with E-state index in [4.69, 9.17) is 0 Å². The van der Waals surface area contributed by atoms with Gasteiger partial charge in [-0.1, -0.05) is 0 Å². The Morgan fingerprint density at radius 2 is 2.00 bits per heavy atom. The van der Waals surface area contributed by atoms with E-state index in [0.29, 0.717) is 16.9 Å². The van der Waals surface area contributed by atoms with Crippen LogP contribution in [-0.2, 0) is 11.3 Å². The van der Waals surface area contributed by atoms with Crippen LogP contribution in [0.5, 0.6) is 0 Å². The predicted octanol–water partition coefficient (Wildman–Crippen LogP) is 2.27. The minimum Gasteiger partial charge on any atom is -0.352 e. The Morgan fingerprint density at radius 3 is 2.62 bits per heavy atom. The quantitative estimate of drug-likeness (QED) is 0.881. The first-order valence-corrected chi connectivity index (χ1v) is 7.67. The van der Waals surface area contributed by atoms with Gasteiger partial charge in [-0.3, -0.25) is 14.2 Å². The van der Waals surface area contributed by atoms with Crippen molar-refractivity contribution in [2.45, 2.75) is 40.3 Å². The second-order valence-corrected chi connectivity index (χ2v) is 5.96. The van der Waals surface area contributed by atoms with E-state index >= 15 is 0 Å². The Kier molecular flexibility index (Phi) is 5.33. The Labute approximate surface area is 139 Å². The number of nitrogens with zero attached hydrogens (tertiary/aromatic N) is 2. The Balaban J connectivity index is 2.35. The Hall–Kier alpha value is -2.70. The number of carbonyl (C=O) groups is 1. The molecule has 0 fully saturated rings. The zero-order valence-corrected chi connectivity index (χ0v) is 14.2. The molecule has 2 aromatic rings. The Bertz CT molecular complexity index is 815. The van der Waals surface area contributed by atoms with Crippen LogP contribution in [0.3, 0.4) is 0 Å². The highest BCUT2D eigenvalue weighted by atomic mass is 19.1. The molecule has 1 amide bonds. The van der Waals surface area contributed by atoms with Gasteiger partial charge in [0.05, 0.1) is 0 Å². The van der Waals surface area contributed by atoms with E-state index in [1.807, 2.05) is 13.8 Å². The minimum atomic E-state index is -0.331. The van der Waals surface area contributed by atoms with Crippen molar-refractivity contribution in [1.82, 2.24) is 14.9 Å². The zero-order valence-electron chi connectivity index (χ0n) is 14.2. The number of benzene rings is 1. The number of anilines is 2. The predicted molar refractivity (Wildman–Crippen MR) is 90.9 cm³/mol. The molecule has 0 unspecified atom stereocenters. The molecule has 1 aromatic heterocycles. The lowest BCUT2D eigenvalue weighted by Gasteiger charge is -2.15. The fourth-order valence-corrected chi connectivity index (χ4v) is 2.23. The number of aryl methyl sites for hydroxylation is 2. The number of rotatable bonds is 5. The van der Waals surface area contributed by atoms with Crippen LogP contribution in [0.4, 0.5) is 16.0 Å². The third-order valence-corrected chi connectivity index (χ3v) is 3.30. The maximum atomic E-state index is 13.4. The minimum absolute atomic E-state index is 0.0252. The van der Waals surface area contributed by atoms with E-state index in [-0.39, 0.29) is 35.8 Å². The van der Waals surface area contributed by atoms with Crippen molar-refractivity contribution in [3.05, 3.63) is 51.7 Å². The summed E-state index contributed by atoms with van der Waals surface area (Å²) in [4.78, 5) is 28.5. The summed E-state index contributed by atoms with van der Waals surface area (Å²) in [6.07, 6.45) is 0. The molecular weight excluding hydrogens is 311 g/mol. The number of nitrogens with one attached hydrogen (secondary N) is 2. The lowest BCUT2D eigenvalue weighted by molar-refractivity contribution is -0.122. The van der Waals surface area contributed by atoms with Gasteiger partial charge < -0.3 is 10.6 Å². The molecule has 1 heterocycles. The lowest BCUT2D eigenvalue weighted by Crippen LogP contribution is -2.37. The van der Waals surface area contributed by atoms with Crippen molar-refractivity contribution in [2.75, 3.05) is 5.32 Å². The van der Waals surface area contributed by atoms with Gasteiger partial charge >= 0.3 is 0 Å². The van der Waals surface area contributed by atoms with Crippen molar-refractivity contribution < 1.29 is 9.18 Å². The Morgan fingerprint density at radius 1 is 1.29 bits per heavy atom. The number of aromatic nitrogens is 2. The van der Waals surface area contributed by atoms with Gasteiger partial charge in [0.2, 0.25) is 11.9 Å². The van der Waals surface area contributed by atoms with Crippen LogP contribution < -0.4 is 16.2 Å². The van der Waals surface area contributed by atoms with Gasteiger partial charge in [-0.05, 0) is 51.5 Å². The van der Waals surface area contributed by atoms with E-state index < -0.39 is 0 Å². The van der Waals surface area contributed by atoms with E-state index in [9.17, 15) is 14.0 Å². The molecule has 2 N–H and O–H groups in total. The number of hydrogen-bond donors (Lipinski definition) is 2. The fourth-order valence-electron chi connectivity index (χ4n) is 2.23. The highest BCUT2D eigenvalue weighted by Gasteiger charge is 2.12. The molecule has 128 valence electrons. The second-order valence-electron chi connectivity index (χ2n) is 5.96. The molecule has 24 heavy (non-hydrogen) atoms. The molecule has 0 atom stereocenters. The molecule has 0 aliphatic rings. The van der Waals surface area contributed by atoms with Crippen molar-refractivity contribution in [3.63, 3.8) is 0 Å². The van der Waals surface area contributed by atoms with Crippen LogP contribution in [0.25, 0.3) is 0 Å². The summed E-state index contributed by atoms with van der Waals surface area (Å²) in [7, 11) is 0. The number of halogens is 1. The van der Waals surface area contributed by atoms with Crippen molar-refractivity contribution in [1.29, 1.82) is 0 Å². The molecule has 7 heteroatoms. The van der Waals surface area contributed by atoms with Gasteiger partial charge in [0, 0.05) is 23.5 Å². The van der Waals surface area contributed by atoms with Crippen LogP contribution in [0.15, 0.2) is 29.1 Å². The molecule has 1 aromatic carbocycles. The van der Waals surface area contributed by atoms with E-state index in [1.165, 1.54) is 16.7 Å². The highest BCUT2D eigenvalue weighted by Crippen LogP contribution is 2.17. The first kappa shape index (κ1) is 17.7. The standard InChI is InChI=1S/C17H21FN4O2/c1-10(2)19-15(23)9-22-16(24)8-12(4)20-17(22)21-13-5-6-14(18)11(3)7-13/h5-8,10H,9H2,1-4H3,(H,19,23)(H,20,21). The summed E-state index contributed by atoms with van der Waals surface area (Å²) in [6.45, 7) is 6.88. The normalized spacial score (nSPS) is 10.8. The fraction of sp³-hybridized carbons (Fsp3) is 0.353. The zero-order chi connectivity index (χ0) is 17.9. The van der Waals surface area contributed by atoms with E-state index in [0.717, 1.165) is 0 Å². The first-order chi connectivity index (χ1) is 11.3. The molecule has 0 saturated carbocycles. The molecule has 0 bridgehead atoms. The lowest BCUT2D eigenvalue weighted by atomic mass is 10.2. The third-order valence-electron chi connectivity index (χ3n) is 3.30. The van der Waals surface area contributed by atoms with Crippen LogP contribution in [-0.4, -0.2) is 21.5 Å². The summed E-state index contributed by atoms with van der Waals surface area (Å²) < 4.78 is 14.6. The van der Waals surface area contributed by atoms with Crippen LogP contribution >= 0.6 is 0 Å². The second kappa shape index (κ2) is 7.25. The van der Waals surface area contributed by atoms with Gasteiger partial charge in [0.25, 0.3) is 5.56 Å². The van der Waals surface area contributed by atoms with Crippen LogP contribution in [0.2, 0.25) is 0 Å².